The Morgan fingerprint density at radius 2 is 2.23 bits per heavy atom. The van der Waals surface area contributed by atoms with Gasteiger partial charge in [0.2, 0.25) is 0 Å². The van der Waals surface area contributed by atoms with E-state index in [1.807, 2.05) is 0 Å². The van der Waals surface area contributed by atoms with E-state index in [2.05, 4.69) is 0 Å². The first kappa shape index (κ1) is 9.00. The molecule has 1 aliphatic heterocycles. The lowest BCUT2D eigenvalue weighted by atomic mass is 9.90. The molecule has 2 rings (SSSR count). The maximum Gasteiger partial charge on any atom is 0.306 e. The highest BCUT2D eigenvalue weighted by Crippen LogP contribution is 2.40. The second-order valence-electron chi connectivity index (χ2n) is 4.25. The van der Waals surface area contributed by atoms with Crippen LogP contribution in [0.4, 0.5) is 0 Å². The van der Waals surface area contributed by atoms with E-state index in [0.29, 0.717) is 11.8 Å². The third kappa shape index (κ3) is 2.21. The van der Waals surface area contributed by atoms with Crippen LogP contribution >= 0.6 is 0 Å². The third-order valence-electron chi connectivity index (χ3n) is 3.12. The van der Waals surface area contributed by atoms with Crippen LogP contribution in [0.15, 0.2) is 0 Å². The molecule has 2 aliphatic rings. The van der Waals surface area contributed by atoms with Crippen molar-refractivity contribution >= 4 is 5.97 Å². The zero-order chi connectivity index (χ0) is 9.26. The van der Waals surface area contributed by atoms with Gasteiger partial charge in [0, 0.05) is 13.2 Å². The topological polar surface area (TPSA) is 46.5 Å². The Kier molecular flexibility index (Phi) is 2.54. The van der Waals surface area contributed by atoms with Gasteiger partial charge >= 0.3 is 5.97 Å². The van der Waals surface area contributed by atoms with Gasteiger partial charge in [0.15, 0.2) is 0 Å². The van der Waals surface area contributed by atoms with Crippen LogP contribution in [0, 0.1) is 17.8 Å². The molecule has 0 aromatic carbocycles. The summed E-state index contributed by atoms with van der Waals surface area (Å²) in [5, 5.41) is 9.00. The zero-order valence-corrected chi connectivity index (χ0v) is 7.74. The van der Waals surface area contributed by atoms with E-state index in [0.717, 1.165) is 38.9 Å². The molecule has 0 aromatic rings. The van der Waals surface area contributed by atoms with Gasteiger partial charge in [-0.25, -0.2) is 0 Å². The van der Waals surface area contributed by atoms with Gasteiger partial charge in [-0.3, -0.25) is 4.79 Å². The molecule has 0 aromatic heterocycles. The second kappa shape index (κ2) is 3.66. The molecular weight excluding hydrogens is 168 g/mol. The monoisotopic (exact) mass is 184 g/mol. The molecule has 3 heteroatoms. The van der Waals surface area contributed by atoms with Crippen molar-refractivity contribution in [3.63, 3.8) is 0 Å². The van der Waals surface area contributed by atoms with Crippen molar-refractivity contribution in [3.05, 3.63) is 0 Å². The second-order valence-corrected chi connectivity index (χ2v) is 4.25. The average Bonchev–Trinajstić information content (AvgIpc) is 2.79. The highest BCUT2D eigenvalue weighted by molar-refractivity contribution is 5.70. The van der Waals surface area contributed by atoms with E-state index >= 15 is 0 Å². The highest BCUT2D eigenvalue weighted by atomic mass is 16.5. The molecule has 1 saturated heterocycles. The van der Waals surface area contributed by atoms with Gasteiger partial charge in [0.1, 0.15) is 0 Å². The summed E-state index contributed by atoms with van der Waals surface area (Å²) in [4.78, 5) is 10.9. The summed E-state index contributed by atoms with van der Waals surface area (Å²) < 4.78 is 5.24. The molecule has 2 fully saturated rings. The summed E-state index contributed by atoms with van der Waals surface area (Å²) in [6.45, 7) is 1.60. The van der Waals surface area contributed by atoms with Crippen LogP contribution in [-0.2, 0) is 9.53 Å². The summed E-state index contributed by atoms with van der Waals surface area (Å²) in [6.07, 6.45) is 4.12. The summed E-state index contributed by atoms with van der Waals surface area (Å²) in [5.41, 5.74) is 0. The van der Waals surface area contributed by atoms with Crippen molar-refractivity contribution in [2.45, 2.75) is 25.7 Å². The predicted molar refractivity (Wildman–Crippen MR) is 47.4 cm³/mol. The van der Waals surface area contributed by atoms with Gasteiger partial charge in [-0.15, -0.1) is 0 Å². The Bertz CT molecular complexity index is 192. The summed E-state index contributed by atoms with van der Waals surface area (Å²) in [7, 11) is 0. The van der Waals surface area contributed by atoms with Crippen LogP contribution in [0.2, 0.25) is 0 Å². The molecule has 0 radical (unpaired) electrons. The van der Waals surface area contributed by atoms with E-state index < -0.39 is 5.97 Å². The van der Waals surface area contributed by atoms with Gasteiger partial charge in [-0.1, -0.05) is 0 Å². The predicted octanol–water partition coefficient (Wildman–Crippen LogP) is 1.52. The molecule has 0 amide bonds. The number of hydrogen-bond donors (Lipinski definition) is 1. The fourth-order valence-corrected chi connectivity index (χ4v) is 2.12. The van der Waals surface area contributed by atoms with Crippen molar-refractivity contribution in [1.29, 1.82) is 0 Å². The molecule has 2 unspecified atom stereocenters. The lowest BCUT2D eigenvalue weighted by Crippen LogP contribution is -2.20. The number of ether oxygens (including phenoxy) is 1. The summed E-state index contributed by atoms with van der Waals surface area (Å²) >= 11 is 0. The van der Waals surface area contributed by atoms with Gasteiger partial charge in [0.25, 0.3) is 0 Å². The minimum Gasteiger partial charge on any atom is -0.481 e. The number of rotatable bonds is 4. The minimum absolute atomic E-state index is 0.0910. The molecular formula is C10H16O3. The van der Waals surface area contributed by atoms with Gasteiger partial charge in [0.05, 0.1) is 5.92 Å². The van der Waals surface area contributed by atoms with Crippen molar-refractivity contribution in [3.8, 4) is 0 Å². The first-order valence-corrected chi connectivity index (χ1v) is 5.08. The molecule has 0 spiro atoms. The summed E-state index contributed by atoms with van der Waals surface area (Å²) in [5.74, 6) is 0.279. The van der Waals surface area contributed by atoms with Crippen molar-refractivity contribution < 1.29 is 14.6 Å². The minimum atomic E-state index is -0.602. The van der Waals surface area contributed by atoms with Gasteiger partial charge < -0.3 is 9.84 Å². The van der Waals surface area contributed by atoms with Crippen LogP contribution in [0.1, 0.15) is 25.7 Å². The number of carboxylic acid groups (broad SMARTS) is 1. The normalized spacial score (nSPS) is 30.3. The SMILES string of the molecule is O=C(O)C(CC1CCOC1)C1CC1. The van der Waals surface area contributed by atoms with E-state index in [1.54, 1.807) is 0 Å². The van der Waals surface area contributed by atoms with Gasteiger partial charge in [-0.05, 0) is 37.5 Å². The van der Waals surface area contributed by atoms with Crippen molar-refractivity contribution in [1.82, 2.24) is 0 Å². The standard InChI is InChI=1S/C10H16O3/c11-10(12)9(8-1-2-8)5-7-3-4-13-6-7/h7-9H,1-6H2,(H,11,12). The highest BCUT2D eigenvalue weighted by Gasteiger charge is 2.37. The number of hydrogen-bond acceptors (Lipinski definition) is 2. The number of carboxylic acids is 1. The van der Waals surface area contributed by atoms with Gasteiger partial charge in [-0.2, -0.15) is 0 Å². The van der Waals surface area contributed by atoms with Crippen LogP contribution in [0.25, 0.3) is 0 Å². The largest absolute Gasteiger partial charge is 0.481 e. The fourth-order valence-electron chi connectivity index (χ4n) is 2.12. The Balaban J connectivity index is 1.84. The van der Waals surface area contributed by atoms with E-state index in [9.17, 15) is 4.79 Å². The van der Waals surface area contributed by atoms with E-state index in [-0.39, 0.29) is 5.92 Å². The lowest BCUT2D eigenvalue weighted by Gasteiger charge is -2.14. The Labute approximate surface area is 78.1 Å². The van der Waals surface area contributed by atoms with Crippen LogP contribution in [0.5, 0.6) is 0 Å². The molecule has 13 heavy (non-hydrogen) atoms. The number of aliphatic carboxylic acids is 1. The lowest BCUT2D eigenvalue weighted by molar-refractivity contribution is -0.143. The fraction of sp³-hybridized carbons (Fsp3) is 0.900. The van der Waals surface area contributed by atoms with Crippen LogP contribution in [-0.4, -0.2) is 24.3 Å². The first-order chi connectivity index (χ1) is 6.27. The van der Waals surface area contributed by atoms with Crippen LogP contribution < -0.4 is 0 Å². The van der Waals surface area contributed by atoms with E-state index in [4.69, 9.17) is 9.84 Å². The molecule has 1 heterocycles. The quantitative estimate of drug-likeness (QED) is 0.720. The van der Waals surface area contributed by atoms with E-state index in [1.165, 1.54) is 0 Å². The molecule has 74 valence electrons. The Hall–Kier alpha value is -0.570. The van der Waals surface area contributed by atoms with Crippen molar-refractivity contribution in [2.24, 2.45) is 17.8 Å². The maximum atomic E-state index is 10.9. The smallest absolute Gasteiger partial charge is 0.306 e. The molecule has 1 saturated carbocycles. The zero-order valence-electron chi connectivity index (χ0n) is 7.74. The maximum absolute atomic E-state index is 10.9. The molecule has 1 N–H and O–H groups in total. The Morgan fingerprint density at radius 3 is 2.69 bits per heavy atom. The molecule has 2 atom stereocenters. The molecule has 0 bridgehead atoms. The summed E-state index contributed by atoms with van der Waals surface area (Å²) in [6, 6.07) is 0. The van der Waals surface area contributed by atoms with Crippen LogP contribution in [0.3, 0.4) is 0 Å². The molecule has 1 aliphatic carbocycles. The number of carbonyl (C=O) groups is 1. The third-order valence-corrected chi connectivity index (χ3v) is 3.12. The Morgan fingerprint density at radius 1 is 1.46 bits per heavy atom. The average molecular weight is 184 g/mol. The first-order valence-electron chi connectivity index (χ1n) is 5.08. The van der Waals surface area contributed by atoms with Crippen molar-refractivity contribution in [2.75, 3.05) is 13.2 Å². The molecule has 3 nitrogen and oxygen atoms in total.